The fourth-order valence-corrected chi connectivity index (χ4v) is 3.31. The third-order valence-electron chi connectivity index (χ3n) is 4.78. The number of urea groups is 1. The SMILES string of the molecule is N#Cc1ccc(OC2CN(C(=O)N3N=CCC3c3cc(F)cc(F)c3)C2)cc1F. The molecule has 148 valence electrons. The average molecular weight is 400 g/mol. The number of likely N-dealkylation sites (tertiary alicyclic amines) is 1. The summed E-state index contributed by atoms with van der Waals surface area (Å²) in [5.41, 5.74) is 0.254. The standard InChI is InChI=1S/C20H15F3N4O2/c21-14-5-13(6-15(22)7-14)19-3-4-25-27(19)20(28)26-10-17(11-26)29-16-2-1-12(9-24)18(23)8-16/h1-2,4-8,17,19H,3,10-11H2. The Morgan fingerprint density at radius 3 is 2.52 bits per heavy atom. The van der Waals surface area contributed by atoms with E-state index in [0.29, 0.717) is 12.0 Å². The van der Waals surface area contributed by atoms with E-state index in [0.717, 1.165) is 12.1 Å². The molecule has 9 heteroatoms. The lowest BCUT2D eigenvalue weighted by molar-refractivity contribution is 0.0275. The molecule has 6 nitrogen and oxygen atoms in total. The van der Waals surface area contributed by atoms with Gasteiger partial charge in [-0.3, -0.25) is 0 Å². The summed E-state index contributed by atoms with van der Waals surface area (Å²) in [6, 6.07) is 7.83. The van der Waals surface area contributed by atoms with Crippen molar-refractivity contribution in [2.24, 2.45) is 5.10 Å². The van der Waals surface area contributed by atoms with Crippen molar-refractivity contribution in [1.29, 1.82) is 5.26 Å². The van der Waals surface area contributed by atoms with E-state index < -0.39 is 29.5 Å². The van der Waals surface area contributed by atoms with Gasteiger partial charge < -0.3 is 9.64 Å². The third kappa shape index (κ3) is 3.74. The molecule has 2 aliphatic heterocycles. The molecule has 2 amide bonds. The first-order valence-electron chi connectivity index (χ1n) is 8.87. The van der Waals surface area contributed by atoms with Gasteiger partial charge in [-0.1, -0.05) is 0 Å². The highest BCUT2D eigenvalue weighted by molar-refractivity contribution is 5.79. The highest BCUT2D eigenvalue weighted by Gasteiger charge is 2.39. The molecule has 4 rings (SSSR count). The van der Waals surface area contributed by atoms with Gasteiger partial charge in [-0.2, -0.15) is 10.4 Å². The predicted octanol–water partition coefficient (Wildman–Crippen LogP) is 3.59. The number of rotatable bonds is 3. The van der Waals surface area contributed by atoms with Crippen LogP contribution < -0.4 is 4.74 Å². The van der Waals surface area contributed by atoms with Crippen LogP contribution in [0.15, 0.2) is 41.5 Å². The smallest absolute Gasteiger partial charge is 0.341 e. The van der Waals surface area contributed by atoms with Gasteiger partial charge in [0.25, 0.3) is 0 Å². The Kier molecular flexibility index (Phi) is 4.84. The van der Waals surface area contributed by atoms with Crippen LogP contribution in [-0.4, -0.2) is 41.3 Å². The minimum absolute atomic E-state index is 0.0746. The van der Waals surface area contributed by atoms with Gasteiger partial charge in [-0.05, 0) is 29.8 Å². The van der Waals surface area contributed by atoms with Crippen molar-refractivity contribution in [3.05, 3.63) is 65.0 Å². The van der Waals surface area contributed by atoms with Crippen LogP contribution in [0.25, 0.3) is 0 Å². The van der Waals surface area contributed by atoms with Crippen LogP contribution in [0.1, 0.15) is 23.6 Å². The number of carbonyl (C=O) groups excluding carboxylic acids is 1. The molecule has 0 spiro atoms. The van der Waals surface area contributed by atoms with E-state index in [2.05, 4.69) is 5.10 Å². The summed E-state index contributed by atoms with van der Waals surface area (Å²) in [5.74, 6) is -1.84. The quantitative estimate of drug-likeness (QED) is 0.791. The largest absolute Gasteiger partial charge is 0.487 e. The van der Waals surface area contributed by atoms with Gasteiger partial charge >= 0.3 is 6.03 Å². The Bertz CT molecular complexity index is 1010. The first-order valence-corrected chi connectivity index (χ1v) is 8.87. The van der Waals surface area contributed by atoms with Crippen molar-refractivity contribution in [2.45, 2.75) is 18.6 Å². The number of amides is 2. The van der Waals surface area contributed by atoms with E-state index in [-0.39, 0.29) is 30.5 Å². The van der Waals surface area contributed by atoms with Crippen LogP contribution in [0.5, 0.6) is 5.75 Å². The van der Waals surface area contributed by atoms with Gasteiger partial charge in [0, 0.05) is 24.8 Å². The number of hydrazone groups is 1. The van der Waals surface area contributed by atoms with Crippen molar-refractivity contribution in [1.82, 2.24) is 9.91 Å². The van der Waals surface area contributed by atoms with Crippen molar-refractivity contribution < 1.29 is 22.7 Å². The minimum Gasteiger partial charge on any atom is -0.487 e. The summed E-state index contributed by atoms with van der Waals surface area (Å²) in [4.78, 5) is 14.2. The van der Waals surface area contributed by atoms with E-state index in [1.807, 2.05) is 0 Å². The minimum atomic E-state index is -0.716. The zero-order chi connectivity index (χ0) is 20.5. The Labute approximate surface area is 164 Å². The first kappa shape index (κ1) is 18.8. The van der Waals surface area contributed by atoms with Crippen molar-refractivity contribution >= 4 is 12.2 Å². The maximum atomic E-state index is 13.7. The number of nitriles is 1. The highest BCUT2D eigenvalue weighted by Crippen LogP contribution is 2.31. The molecule has 1 saturated heterocycles. The molecule has 1 unspecified atom stereocenters. The first-order chi connectivity index (χ1) is 13.9. The van der Waals surface area contributed by atoms with Crippen molar-refractivity contribution in [2.75, 3.05) is 13.1 Å². The van der Waals surface area contributed by atoms with Gasteiger partial charge in [0.1, 0.15) is 35.4 Å². The molecule has 0 aliphatic carbocycles. The van der Waals surface area contributed by atoms with Crippen LogP contribution in [0.3, 0.4) is 0 Å². The summed E-state index contributed by atoms with van der Waals surface area (Å²) in [6.07, 6.45) is 1.55. The molecule has 0 N–H and O–H groups in total. The molecular formula is C20H15F3N4O2. The number of nitrogens with zero attached hydrogens (tertiary/aromatic N) is 4. The van der Waals surface area contributed by atoms with E-state index >= 15 is 0 Å². The summed E-state index contributed by atoms with van der Waals surface area (Å²) in [5, 5.41) is 14.0. The fraction of sp³-hybridized carbons (Fsp3) is 0.250. The van der Waals surface area contributed by atoms with E-state index in [9.17, 15) is 18.0 Å². The molecule has 1 fully saturated rings. The molecule has 0 radical (unpaired) electrons. The Morgan fingerprint density at radius 1 is 1.14 bits per heavy atom. The topological polar surface area (TPSA) is 68.9 Å². The summed E-state index contributed by atoms with van der Waals surface area (Å²) in [6.45, 7) is 0.521. The molecular weight excluding hydrogens is 385 g/mol. The maximum absolute atomic E-state index is 13.7. The van der Waals surface area contributed by atoms with E-state index in [1.54, 1.807) is 6.07 Å². The highest BCUT2D eigenvalue weighted by atomic mass is 19.1. The molecule has 0 bridgehead atoms. The van der Waals surface area contributed by atoms with Crippen LogP contribution in [-0.2, 0) is 0 Å². The van der Waals surface area contributed by atoms with E-state index in [4.69, 9.17) is 10.00 Å². The monoisotopic (exact) mass is 400 g/mol. The van der Waals surface area contributed by atoms with Gasteiger partial charge in [0.05, 0.1) is 24.7 Å². The van der Waals surface area contributed by atoms with Crippen molar-refractivity contribution in [3.8, 4) is 11.8 Å². The molecule has 2 aromatic rings. The summed E-state index contributed by atoms with van der Waals surface area (Å²) in [7, 11) is 0. The van der Waals surface area contributed by atoms with Gasteiger partial charge in [-0.15, -0.1) is 0 Å². The Balaban J connectivity index is 1.38. The molecule has 2 aliphatic rings. The zero-order valence-electron chi connectivity index (χ0n) is 15.1. The van der Waals surface area contributed by atoms with Gasteiger partial charge in [-0.25, -0.2) is 23.0 Å². The molecule has 2 aromatic carbocycles. The molecule has 2 heterocycles. The van der Waals surface area contributed by atoms with E-state index in [1.165, 1.54) is 40.4 Å². The van der Waals surface area contributed by atoms with Crippen molar-refractivity contribution in [3.63, 3.8) is 0 Å². The number of hydrogen-bond acceptors (Lipinski definition) is 4. The lowest BCUT2D eigenvalue weighted by Gasteiger charge is -2.41. The number of hydrogen-bond donors (Lipinski definition) is 0. The lowest BCUT2D eigenvalue weighted by atomic mass is 10.0. The third-order valence-corrected chi connectivity index (χ3v) is 4.78. The zero-order valence-corrected chi connectivity index (χ0v) is 15.1. The van der Waals surface area contributed by atoms with Crippen LogP contribution in [0.4, 0.5) is 18.0 Å². The predicted molar refractivity (Wildman–Crippen MR) is 96.5 cm³/mol. The Hall–Kier alpha value is -3.54. The Morgan fingerprint density at radius 2 is 1.86 bits per heavy atom. The summed E-state index contributed by atoms with van der Waals surface area (Å²) < 4.78 is 46.3. The molecule has 0 saturated carbocycles. The lowest BCUT2D eigenvalue weighted by Crippen LogP contribution is -2.58. The number of carbonyl (C=O) groups is 1. The van der Waals surface area contributed by atoms with Crippen LogP contribution in [0.2, 0.25) is 0 Å². The summed E-state index contributed by atoms with van der Waals surface area (Å²) >= 11 is 0. The van der Waals surface area contributed by atoms with Gasteiger partial charge in [0.2, 0.25) is 0 Å². The average Bonchev–Trinajstić information content (AvgIpc) is 3.13. The van der Waals surface area contributed by atoms with Crippen LogP contribution in [0, 0.1) is 28.8 Å². The molecule has 1 atom stereocenters. The number of benzene rings is 2. The second kappa shape index (κ2) is 7.47. The normalized spacial score (nSPS) is 18.5. The molecule has 29 heavy (non-hydrogen) atoms. The van der Waals surface area contributed by atoms with Gasteiger partial charge in [0.15, 0.2) is 0 Å². The second-order valence-corrected chi connectivity index (χ2v) is 6.78. The number of ether oxygens (including phenoxy) is 1. The maximum Gasteiger partial charge on any atom is 0.341 e. The molecule has 0 aromatic heterocycles. The second-order valence-electron chi connectivity index (χ2n) is 6.78. The van der Waals surface area contributed by atoms with Crippen LogP contribution >= 0.6 is 0 Å². The fourth-order valence-electron chi connectivity index (χ4n) is 3.31. The number of halogens is 3.